The Morgan fingerprint density at radius 3 is 2.35 bits per heavy atom. The third-order valence-corrected chi connectivity index (χ3v) is 4.04. The van der Waals surface area contributed by atoms with Crippen LogP contribution in [-0.4, -0.2) is 32.5 Å². The van der Waals surface area contributed by atoms with Crippen molar-refractivity contribution < 1.29 is 14.2 Å². The van der Waals surface area contributed by atoms with Crippen LogP contribution in [0.5, 0.6) is 17.2 Å². The number of methoxy groups -OCH3 is 3. The van der Waals surface area contributed by atoms with Gasteiger partial charge in [-0.15, -0.1) is 0 Å². The van der Waals surface area contributed by atoms with E-state index in [1.165, 1.54) is 0 Å². The Hall–Kier alpha value is -3.28. The molecule has 0 fully saturated rings. The largest absolute Gasteiger partial charge is 0.496 e. The van der Waals surface area contributed by atoms with Crippen LogP contribution in [0.4, 0.5) is 5.82 Å². The molecule has 0 saturated carbocycles. The van der Waals surface area contributed by atoms with E-state index in [2.05, 4.69) is 28.5 Å². The van der Waals surface area contributed by atoms with Crippen LogP contribution in [0.1, 0.15) is 11.1 Å². The highest BCUT2D eigenvalue weighted by Crippen LogP contribution is 2.33. The lowest BCUT2D eigenvalue weighted by Crippen LogP contribution is -1.99. The van der Waals surface area contributed by atoms with E-state index < -0.39 is 0 Å². The van der Waals surface area contributed by atoms with Gasteiger partial charge in [0.05, 0.1) is 33.1 Å². The number of hydrazone groups is 1. The van der Waals surface area contributed by atoms with Gasteiger partial charge in [-0.2, -0.15) is 5.10 Å². The van der Waals surface area contributed by atoms with E-state index >= 15 is 0 Å². The molecule has 0 spiro atoms. The highest BCUT2D eigenvalue weighted by molar-refractivity contribution is 5.86. The Labute approximate surface area is 152 Å². The number of ether oxygens (including phenoxy) is 3. The minimum Gasteiger partial charge on any atom is -0.496 e. The number of nitrogens with zero attached hydrogens (tertiary/aromatic N) is 2. The number of aryl methyl sites for hydroxylation is 1. The molecule has 2 aromatic carbocycles. The fourth-order valence-corrected chi connectivity index (χ4v) is 2.73. The van der Waals surface area contributed by atoms with Gasteiger partial charge in [0.15, 0.2) is 11.5 Å². The summed E-state index contributed by atoms with van der Waals surface area (Å²) >= 11 is 0. The first-order valence-corrected chi connectivity index (χ1v) is 8.11. The van der Waals surface area contributed by atoms with Crippen LogP contribution in [0.25, 0.3) is 10.9 Å². The van der Waals surface area contributed by atoms with Crippen molar-refractivity contribution in [1.29, 1.82) is 0 Å². The summed E-state index contributed by atoms with van der Waals surface area (Å²) in [7, 11) is 4.77. The van der Waals surface area contributed by atoms with Gasteiger partial charge in [-0.3, -0.25) is 5.43 Å². The molecule has 0 aliphatic heterocycles. The number of para-hydroxylation sites is 1. The monoisotopic (exact) mass is 351 g/mol. The first-order chi connectivity index (χ1) is 12.7. The summed E-state index contributed by atoms with van der Waals surface area (Å²) in [4.78, 5) is 4.57. The average Bonchev–Trinajstić information content (AvgIpc) is 2.67. The van der Waals surface area contributed by atoms with E-state index in [4.69, 9.17) is 14.2 Å². The number of fused-ring (bicyclic) bond motifs is 1. The van der Waals surface area contributed by atoms with Gasteiger partial charge in [-0.05, 0) is 30.7 Å². The summed E-state index contributed by atoms with van der Waals surface area (Å²) in [6, 6.07) is 13.5. The number of anilines is 1. The normalized spacial score (nSPS) is 10.9. The molecule has 0 saturated heterocycles. The van der Waals surface area contributed by atoms with Gasteiger partial charge in [0.2, 0.25) is 0 Å². The van der Waals surface area contributed by atoms with E-state index in [-0.39, 0.29) is 0 Å². The highest BCUT2D eigenvalue weighted by atomic mass is 16.5. The van der Waals surface area contributed by atoms with Crippen LogP contribution in [0.15, 0.2) is 47.6 Å². The zero-order chi connectivity index (χ0) is 18.5. The van der Waals surface area contributed by atoms with Gasteiger partial charge in [0, 0.05) is 17.0 Å². The number of rotatable bonds is 6. The van der Waals surface area contributed by atoms with Crippen molar-refractivity contribution in [2.75, 3.05) is 26.8 Å². The quantitative estimate of drug-likeness (QED) is 0.537. The van der Waals surface area contributed by atoms with Crippen LogP contribution in [0.3, 0.4) is 0 Å². The fourth-order valence-electron chi connectivity index (χ4n) is 2.73. The van der Waals surface area contributed by atoms with Crippen molar-refractivity contribution in [1.82, 2.24) is 4.98 Å². The van der Waals surface area contributed by atoms with Crippen LogP contribution in [0.2, 0.25) is 0 Å². The second kappa shape index (κ2) is 7.74. The van der Waals surface area contributed by atoms with Crippen LogP contribution < -0.4 is 19.6 Å². The first-order valence-electron chi connectivity index (χ1n) is 8.11. The molecule has 6 heteroatoms. The van der Waals surface area contributed by atoms with E-state index in [1.807, 2.05) is 30.3 Å². The molecule has 6 nitrogen and oxygen atoms in total. The van der Waals surface area contributed by atoms with Gasteiger partial charge in [0.25, 0.3) is 0 Å². The number of pyridine rings is 1. The smallest absolute Gasteiger partial charge is 0.164 e. The van der Waals surface area contributed by atoms with Crippen LogP contribution in [-0.2, 0) is 0 Å². The predicted molar refractivity (Wildman–Crippen MR) is 104 cm³/mol. The number of hydrogen-bond acceptors (Lipinski definition) is 6. The van der Waals surface area contributed by atoms with Crippen molar-refractivity contribution in [3.05, 3.63) is 53.6 Å². The lowest BCUT2D eigenvalue weighted by atomic mass is 10.1. The van der Waals surface area contributed by atoms with Crippen molar-refractivity contribution >= 4 is 22.9 Å². The van der Waals surface area contributed by atoms with E-state index in [0.29, 0.717) is 23.1 Å². The van der Waals surface area contributed by atoms with Gasteiger partial charge < -0.3 is 14.2 Å². The Bertz CT molecular complexity index is 954. The third kappa shape index (κ3) is 3.54. The number of aromatic nitrogens is 1. The van der Waals surface area contributed by atoms with E-state index in [9.17, 15) is 0 Å². The first kappa shape index (κ1) is 17.5. The highest BCUT2D eigenvalue weighted by Gasteiger charge is 2.10. The summed E-state index contributed by atoms with van der Waals surface area (Å²) in [5, 5.41) is 5.41. The van der Waals surface area contributed by atoms with E-state index in [0.717, 1.165) is 22.0 Å². The molecule has 0 aliphatic carbocycles. The minimum atomic E-state index is 0.598. The summed E-state index contributed by atoms with van der Waals surface area (Å²) in [5.41, 5.74) is 5.79. The Morgan fingerprint density at radius 2 is 1.62 bits per heavy atom. The zero-order valence-corrected chi connectivity index (χ0v) is 15.2. The molecule has 1 heterocycles. The standard InChI is InChI=1S/C20H21N3O3/c1-13-9-20(22-16-8-6-5-7-15(13)16)23-21-12-14-10-18(25-3)19(26-4)11-17(14)24-2/h5-12H,1-4H3,(H,22,23)/b21-12+. The molecule has 0 unspecified atom stereocenters. The molecule has 1 N–H and O–H groups in total. The molecule has 0 atom stereocenters. The second-order valence-electron chi connectivity index (χ2n) is 5.66. The second-order valence-corrected chi connectivity index (χ2v) is 5.66. The Kier molecular flexibility index (Phi) is 5.22. The molecule has 0 amide bonds. The van der Waals surface area contributed by atoms with Crippen LogP contribution in [0, 0.1) is 6.92 Å². The van der Waals surface area contributed by atoms with Crippen LogP contribution >= 0.6 is 0 Å². The number of hydrogen-bond donors (Lipinski definition) is 1. The Balaban J connectivity index is 1.86. The third-order valence-electron chi connectivity index (χ3n) is 4.04. The maximum absolute atomic E-state index is 5.40. The van der Waals surface area contributed by atoms with Gasteiger partial charge in [-0.1, -0.05) is 18.2 Å². The van der Waals surface area contributed by atoms with Crippen molar-refractivity contribution in [2.45, 2.75) is 6.92 Å². The number of nitrogens with one attached hydrogen (secondary N) is 1. The molecule has 1 aromatic heterocycles. The van der Waals surface area contributed by atoms with Crippen molar-refractivity contribution in [3.8, 4) is 17.2 Å². The molecule has 3 aromatic rings. The maximum atomic E-state index is 5.40. The lowest BCUT2D eigenvalue weighted by molar-refractivity contribution is 0.349. The summed E-state index contributed by atoms with van der Waals surface area (Å²) in [6.07, 6.45) is 1.66. The molecular formula is C20H21N3O3. The number of benzene rings is 2. The average molecular weight is 351 g/mol. The van der Waals surface area contributed by atoms with E-state index in [1.54, 1.807) is 33.6 Å². The fraction of sp³-hybridized carbons (Fsp3) is 0.200. The molecule has 0 radical (unpaired) electrons. The molecule has 0 aliphatic rings. The van der Waals surface area contributed by atoms with Gasteiger partial charge in [0.1, 0.15) is 11.6 Å². The Morgan fingerprint density at radius 1 is 0.923 bits per heavy atom. The van der Waals surface area contributed by atoms with Crippen molar-refractivity contribution in [2.24, 2.45) is 5.10 Å². The molecule has 26 heavy (non-hydrogen) atoms. The lowest BCUT2D eigenvalue weighted by Gasteiger charge is -2.11. The molecule has 134 valence electrons. The molecule has 3 rings (SSSR count). The SMILES string of the molecule is COc1cc(OC)c(OC)cc1/C=N/Nc1cc(C)c2ccccc2n1. The summed E-state index contributed by atoms with van der Waals surface area (Å²) < 4.78 is 16.0. The summed E-state index contributed by atoms with van der Waals surface area (Å²) in [6.45, 7) is 2.05. The molecular weight excluding hydrogens is 330 g/mol. The topological polar surface area (TPSA) is 65.0 Å². The molecule has 0 bridgehead atoms. The predicted octanol–water partition coefficient (Wildman–Crippen LogP) is 4.02. The zero-order valence-electron chi connectivity index (χ0n) is 15.2. The maximum Gasteiger partial charge on any atom is 0.164 e. The van der Waals surface area contributed by atoms with Gasteiger partial charge >= 0.3 is 0 Å². The van der Waals surface area contributed by atoms with Gasteiger partial charge in [-0.25, -0.2) is 4.98 Å². The minimum absolute atomic E-state index is 0.598. The van der Waals surface area contributed by atoms with Crippen molar-refractivity contribution in [3.63, 3.8) is 0 Å². The summed E-state index contributed by atoms with van der Waals surface area (Å²) in [5.74, 6) is 2.52.